The Bertz CT molecular complexity index is 450. The maximum absolute atomic E-state index is 4.57. The predicted octanol–water partition coefficient (Wildman–Crippen LogP) is 2.18. The fourth-order valence-corrected chi connectivity index (χ4v) is 3.37. The van der Waals surface area contributed by atoms with Crippen molar-refractivity contribution in [1.82, 2.24) is 15.3 Å². The van der Waals surface area contributed by atoms with Crippen LogP contribution in [0.1, 0.15) is 44.4 Å². The molecule has 20 heavy (non-hydrogen) atoms. The molecule has 4 nitrogen and oxygen atoms in total. The monoisotopic (exact) mass is 274 g/mol. The van der Waals surface area contributed by atoms with Crippen LogP contribution >= 0.6 is 0 Å². The molecule has 1 N–H and O–H groups in total. The molecule has 1 aliphatic carbocycles. The van der Waals surface area contributed by atoms with Crippen LogP contribution < -0.4 is 10.2 Å². The Morgan fingerprint density at radius 2 is 2.05 bits per heavy atom. The molecule has 0 unspecified atom stereocenters. The van der Waals surface area contributed by atoms with Gasteiger partial charge in [0.2, 0.25) is 0 Å². The van der Waals surface area contributed by atoms with Crippen molar-refractivity contribution >= 4 is 5.82 Å². The summed E-state index contributed by atoms with van der Waals surface area (Å²) in [6.07, 6.45) is 7.86. The molecule has 0 spiro atoms. The van der Waals surface area contributed by atoms with Crippen LogP contribution in [0.3, 0.4) is 0 Å². The molecule has 2 aliphatic rings. The van der Waals surface area contributed by atoms with E-state index in [9.17, 15) is 0 Å². The van der Waals surface area contributed by atoms with E-state index < -0.39 is 0 Å². The third-order valence-corrected chi connectivity index (χ3v) is 4.58. The van der Waals surface area contributed by atoms with Gasteiger partial charge in [-0.3, -0.25) is 0 Å². The number of aryl methyl sites for hydroxylation is 1. The molecule has 0 aromatic carbocycles. The molecule has 1 fully saturated rings. The van der Waals surface area contributed by atoms with E-state index in [1.165, 1.54) is 42.8 Å². The zero-order valence-electron chi connectivity index (χ0n) is 12.7. The van der Waals surface area contributed by atoms with Gasteiger partial charge in [0.05, 0.1) is 0 Å². The summed E-state index contributed by atoms with van der Waals surface area (Å²) in [7, 11) is 0. The van der Waals surface area contributed by atoms with Crippen LogP contribution in [0.2, 0.25) is 0 Å². The number of aromatic nitrogens is 2. The molecule has 4 heteroatoms. The van der Waals surface area contributed by atoms with E-state index in [1.807, 2.05) is 0 Å². The lowest BCUT2D eigenvalue weighted by Crippen LogP contribution is -2.39. The standard InChI is InChI=1S/C16H26N4/c1-12(2)17-10-13-6-8-20(9-7-13)16-14-4-3-5-15(14)18-11-19-16/h11-13,17H,3-10H2,1-2H3. The molecule has 2 heterocycles. The number of fused-ring (bicyclic) bond motifs is 1. The maximum Gasteiger partial charge on any atom is 0.135 e. The predicted molar refractivity (Wildman–Crippen MR) is 82.1 cm³/mol. The Balaban J connectivity index is 1.60. The summed E-state index contributed by atoms with van der Waals surface area (Å²) < 4.78 is 0. The van der Waals surface area contributed by atoms with Crippen LogP contribution in [-0.2, 0) is 12.8 Å². The van der Waals surface area contributed by atoms with Gasteiger partial charge in [-0.05, 0) is 44.6 Å². The summed E-state index contributed by atoms with van der Waals surface area (Å²) in [4.78, 5) is 11.5. The summed E-state index contributed by atoms with van der Waals surface area (Å²) in [6.45, 7) is 7.90. The number of nitrogens with zero attached hydrogens (tertiary/aromatic N) is 3. The van der Waals surface area contributed by atoms with E-state index in [4.69, 9.17) is 0 Å². The first-order valence-corrected chi connectivity index (χ1v) is 8.05. The van der Waals surface area contributed by atoms with Crippen LogP contribution in [0.5, 0.6) is 0 Å². The highest BCUT2D eigenvalue weighted by atomic mass is 15.2. The highest BCUT2D eigenvalue weighted by Crippen LogP contribution is 2.30. The molecule has 1 aliphatic heterocycles. The van der Waals surface area contributed by atoms with E-state index in [1.54, 1.807) is 6.33 Å². The highest BCUT2D eigenvalue weighted by molar-refractivity contribution is 5.50. The molecule has 0 radical (unpaired) electrons. The highest BCUT2D eigenvalue weighted by Gasteiger charge is 2.25. The quantitative estimate of drug-likeness (QED) is 0.913. The van der Waals surface area contributed by atoms with Crippen LogP contribution in [0, 0.1) is 5.92 Å². The lowest BCUT2D eigenvalue weighted by molar-refractivity contribution is 0.369. The zero-order valence-corrected chi connectivity index (χ0v) is 12.7. The Kier molecular flexibility index (Phi) is 4.20. The van der Waals surface area contributed by atoms with E-state index in [0.29, 0.717) is 6.04 Å². The molecular formula is C16H26N4. The molecule has 1 saturated heterocycles. The molecule has 1 aromatic rings. The van der Waals surface area contributed by atoms with E-state index in [-0.39, 0.29) is 0 Å². The molecule has 3 rings (SSSR count). The molecule has 0 saturated carbocycles. The zero-order chi connectivity index (χ0) is 13.9. The van der Waals surface area contributed by atoms with Gasteiger partial charge >= 0.3 is 0 Å². The Morgan fingerprint density at radius 3 is 2.80 bits per heavy atom. The van der Waals surface area contributed by atoms with Crippen LogP contribution in [0.25, 0.3) is 0 Å². The average Bonchev–Trinajstić information content (AvgIpc) is 2.94. The minimum atomic E-state index is 0.596. The van der Waals surface area contributed by atoms with Gasteiger partial charge in [0.15, 0.2) is 0 Å². The van der Waals surface area contributed by atoms with Crippen molar-refractivity contribution in [2.75, 3.05) is 24.5 Å². The van der Waals surface area contributed by atoms with Gasteiger partial charge in [0.25, 0.3) is 0 Å². The lowest BCUT2D eigenvalue weighted by atomic mass is 9.96. The Hall–Kier alpha value is -1.16. The second-order valence-electron chi connectivity index (χ2n) is 6.47. The first-order valence-electron chi connectivity index (χ1n) is 8.05. The first-order chi connectivity index (χ1) is 9.74. The van der Waals surface area contributed by atoms with Crippen molar-refractivity contribution in [3.63, 3.8) is 0 Å². The van der Waals surface area contributed by atoms with Crippen molar-refractivity contribution in [3.05, 3.63) is 17.6 Å². The first kappa shape index (κ1) is 13.8. The minimum absolute atomic E-state index is 0.596. The lowest BCUT2D eigenvalue weighted by Gasteiger charge is -2.34. The topological polar surface area (TPSA) is 41.0 Å². The fourth-order valence-electron chi connectivity index (χ4n) is 3.37. The van der Waals surface area contributed by atoms with Gasteiger partial charge in [0.1, 0.15) is 12.1 Å². The number of anilines is 1. The van der Waals surface area contributed by atoms with Crippen molar-refractivity contribution in [2.45, 2.75) is 52.0 Å². The van der Waals surface area contributed by atoms with Crippen molar-refractivity contribution in [3.8, 4) is 0 Å². The molecule has 0 atom stereocenters. The van der Waals surface area contributed by atoms with Crippen molar-refractivity contribution in [2.24, 2.45) is 5.92 Å². The summed E-state index contributed by atoms with van der Waals surface area (Å²) >= 11 is 0. The number of piperidine rings is 1. The van der Waals surface area contributed by atoms with Crippen molar-refractivity contribution < 1.29 is 0 Å². The molecule has 0 bridgehead atoms. The molecule has 1 aromatic heterocycles. The maximum atomic E-state index is 4.57. The smallest absolute Gasteiger partial charge is 0.135 e. The van der Waals surface area contributed by atoms with E-state index in [2.05, 4.69) is 34.0 Å². The SMILES string of the molecule is CC(C)NCC1CCN(c2ncnc3c2CCC3)CC1. The Morgan fingerprint density at radius 1 is 1.25 bits per heavy atom. The van der Waals surface area contributed by atoms with E-state index >= 15 is 0 Å². The van der Waals surface area contributed by atoms with Crippen LogP contribution in [0.15, 0.2) is 6.33 Å². The number of rotatable bonds is 4. The van der Waals surface area contributed by atoms with Gasteiger partial charge in [-0.2, -0.15) is 0 Å². The summed E-state index contributed by atoms with van der Waals surface area (Å²) in [6, 6.07) is 0.596. The molecule has 110 valence electrons. The number of hydrogen-bond acceptors (Lipinski definition) is 4. The fraction of sp³-hybridized carbons (Fsp3) is 0.750. The summed E-state index contributed by atoms with van der Waals surface area (Å²) in [5.74, 6) is 2.05. The molecular weight excluding hydrogens is 248 g/mol. The van der Waals surface area contributed by atoms with Crippen molar-refractivity contribution in [1.29, 1.82) is 0 Å². The summed E-state index contributed by atoms with van der Waals surface area (Å²) in [5, 5.41) is 3.57. The summed E-state index contributed by atoms with van der Waals surface area (Å²) in [5.41, 5.74) is 2.71. The van der Waals surface area contributed by atoms with Gasteiger partial charge in [-0.1, -0.05) is 13.8 Å². The third kappa shape index (κ3) is 2.95. The normalized spacial score (nSPS) is 19.6. The van der Waals surface area contributed by atoms with E-state index in [0.717, 1.165) is 32.0 Å². The number of nitrogens with one attached hydrogen (secondary N) is 1. The largest absolute Gasteiger partial charge is 0.356 e. The second kappa shape index (κ2) is 6.08. The van der Waals surface area contributed by atoms with Gasteiger partial charge in [0, 0.05) is 30.4 Å². The van der Waals surface area contributed by atoms with Gasteiger partial charge in [-0.25, -0.2) is 9.97 Å². The van der Waals surface area contributed by atoms with Gasteiger partial charge in [-0.15, -0.1) is 0 Å². The second-order valence-corrected chi connectivity index (χ2v) is 6.47. The van der Waals surface area contributed by atoms with Crippen LogP contribution in [0.4, 0.5) is 5.82 Å². The Labute approximate surface area is 122 Å². The third-order valence-electron chi connectivity index (χ3n) is 4.58. The molecule has 0 amide bonds. The number of hydrogen-bond donors (Lipinski definition) is 1. The minimum Gasteiger partial charge on any atom is -0.356 e. The van der Waals surface area contributed by atoms with Gasteiger partial charge < -0.3 is 10.2 Å². The average molecular weight is 274 g/mol. The van der Waals surface area contributed by atoms with Crippen LogP contribution in [-0.4, -0.2) is 35.6 Å².